The fourth-order valence-electron chi connectivity index (χ4n) is 3.34. The Balaban J connectivity index is 1.38. The Bertz CT molecular complexity index is 1190. The van der Waals surface area contributed by atoms with Gasteiger partial charge in [-0.05, 0) is 60.4 Å². The second-order valence-electron chi connectivity index (χ2n) is 7.48. The summed E-state index contributed by atoms with van der Waals surface area (Å²) in [4.78, 5) is 16.8. The molecule has 7 heteroatoms. The predicted molar refractivity (Wildman–Crippen MR) is 117 cm³/mol. The highest BCUT2D eigenvalue weighted by Crippen LogP contribution is 2.25. The Kier molecular flexibility index (Phi) is 4.65. The smallest absolute Gasteiger partial charge is 0.251 e. The lowest BCUT2D eigenvalue weighted by Gasteiger charge is -2.05. The van der Waals surface area contributed by atoms with Gasteiger partial charge in [0.15, 0.2) is 5.65 Å². The average Bonchev–Trinajstić information content (AvgIpc) is 3.50. The first kappa shape index (κ1) is 18.3. The van der Waals surface area contributed by atoms with E-state index in [4.69, 9.17) is 5.73 Å². The number of benzene rings is 2. The molecule has 7 nitrogen and oxygen atoms in total. The topological polar surface area (TPSA) is 97.3 Å². The Morgan fingerprint density at radius 1 is 1.07 bits per heavy atom. The van der Waals surface area contributed by atoms with E-state index < -0.39 is 0 Å². The van der Waals surface area contributed by atoms with Gasteiger partial charge in [-0.15, -0.1) is 5.10 Å². The largest absolute Gasteiger partial charge is 0.349 e. The van der Waals surface area contributed by atoms with Crippen LogP contribution in [0.25, 0.3) is 16.8 Å². The molecule has 150 valence electrons. The second-order valence-corrected chi connectivity index (χ2v) is 7.48. The molecule has 2 aromatic heterocycles. The number of aromatic nitrogens is 3. The number of anilines is 2. The predicted octanol–water partition coefficient (Wildman–Crippen LogP) is 3.49. The molecule has 0 spiro atoms. The van der Waals surface area contributed by atoms with Crippen molar-refractivity contribution in [3.05, 3.63) is 78.0 Å². The zero-order valence-electron chi connectivity index (χ0n) is 16.4. The number of nitrogens with zero attached hydrogens (tertiary/aromatic N) is 3. The monoisotopic (exact) mass is 398 g/mol. The van der Waals surface area contributed by atoms with Crippen LogP contribution in [-0.2, 0) is 6.54 Å². The van der Waals surface area contributed by atoms with Crippen LogP contribution >= 0.6 is 0 Å². The van der Waals surface area contributed by atoms with E-state index >= 15 is 0 Å². The molecule has 2 heterocycles. The molecule has 0 unspecified atom stereocenters. The number of nitrogens with one attached hydrogen (secondary N) is 2. The van der Waals surface area contributed by atoms with Crippen LogP contribution in [0.1, 0.15) is 28.8 Å². The number of rotatable bonds is 6. The lowest BCUT2D eigenvalue weighted by atomic mass is 10.1. The minimum absolute atomic E-state index is 0.0276. The van der Waals surface area contributed by atoms with Gasteiger partial charge in [-0.25, -0.2) is 4.52 Å². The first-order valence-corrected chi connectivity index (χ1v) is 10.0. The summed E-state index contributed by atoms with van der Waals surface area (Å²) in [5.41, 5.74) is 11.1. The van der Waals surface area contributed by atoms with E-state index in [9.17, 15) is 4.79 Å². The van der Waals surface area contributed by atoms with Crippen LogP contribution in [0.4, 0.5) is 11.6 Å². The van der Waals surface area contributed by atoms with E-state index in [2.05, 4.69) is 20.7 Å². The van der Waals surface area contributed by atoms with E-state index in [0.717, 1.165) is 40.9 Å². The van der Waals surface area contributed by atoms with Gasteiger partial charge < -0.3 is 16.4 Å². The zero-order valence-corrected chi connectivity index (χ0v) is 16.4. The highest BCUT2D eigenvalue weighted by atomic mass is 16.1. The lowest BCUT2D eigenvalue weighted by molar-refractivity contribution is 0.0951. The van der Waals surface area contributed by atoms with Gasteiger partial charge in [0, 0.05) is 35.6 Å². The Labute approximate surface area is 173 Å². The zero-order chi connectivity index (χ0) is 20.5. The van der Waals surface area contributed by atoms with Crippen LogP contribution in [0, 0.1) is 0 Å². The molecule has 30 heavy (non-hydrogen) atoms. The summed E-state index contributed by atoms with van der Waals surface area (Å²) in [6.45, 7) is 0.518. The molecule has 4 aromatic rings. The SMILES string of the molecule is NCc1ccc(-c2cccn3nc(Nc4ccc(C(=O)NC5CC5)cc4)nc23)cc1. The summed E-state index contributed by atoms with van der Waals surface area (Å²) in [7, 11) is 0. The van der Waals surface area contributed by atoms with Crippen molar-refractivity contribution in [3.63, 3.8) is 0 Å². The molecule has 0 aliphatic heterocycles. The fourth-order valence-corrected chi connectivity index (χ4v) is 3.34. The van der Waals surface area contributed by atoms with Crippen LogP contribution in [0.5, 0.6) is 0 Å². The molecule has 0 atom stereocenters. The summed E-state index contributed by atoms with van der Waals surface area (Å²) in [5.74, 6) is 0.469. The van der Waals surface area contributed by atoms with E-state index in [1.165, 1.54) is 0 Å². The summed E-state index contributed by atoms with van der Waals surface area (Å²) in [6.07, 6.45) is 4.02. The number of amides is 1. The highest BCUT2D eigenvalue weighted by molar-refractivity contribution is 5.95. The lowest BCUT2D eigenvalue weighted by Crippen LogP contribution is -2.25. The van der Waals surface area contributed by atoms with Gasteiger partial charge in [-0.2, -0.15) is 4.98 Å². The quantitative estimate of drug-likeness (QED) is 0.462. The molecule has 2 aromatic carbocycles. The van der Waals surface area contributed by atoms with E-state index in [1.54, 1.807) is 16.6 Å². The van der Waals surface area contributed by atoms with Crippen molar-refractivity contribution in [1.29, 1.82) is 0 Å². The fraction of sp³-hybridized carbons (Fsp3) is 0.174. The summed E-state index contributed by atoms with van der Waals surface area (Å²) in [5, 5.41) is 10.7. The Morgan fingerprint density at radius 3 is 2.53 bits per heavy atom. The molecule has 1 aliphatic rings. The summed E-state index contributed by atoms with van der Waals surface area (Å²) in [6, 6.07) is 19.8. The van der Waals surface area contributed by atoms with Crippen molar-refractivity contribution in [1.82, 2.24) is 19.9 Å². The van der Waals surface area contributed by atoms with Crippen LogP contribution in [0.3, 0.4) is 0 Å². The third-order valence-corrected chi connectivity index (χ3v) is 5.18. The maximum atomic E-state index is 12.1. The van der Waals surface area contributed by atoms with Crippen LogP contribution in [-0.4, -0.2) is 26.5 Å². The van der Waals surface area contributed by atoms with Gasteiger partial charge in [-0.3, -0.25) is 4.79 Å². The van der Waals surface area contributed by atoms with Gasteiger partial charge in [0.25, 0.3) is 5.91 Å². The molecule has 4 N–H and O–H groups in total. The second kappa shape index (κ2) is 7.61. The maximum Gasteiger partial charge on any atom is 0.251 e. The molecule has 5 rings (SSSR count). The molecule has 1 fully saturated rings. The third-order valence-electron chi connectivity index (χ3n) is 5.18. The highest BCUT2D eigenvalue weighted by Gasteiger charge is 2.23. The van der Waals surface area contributed by atoms with Crippen LogP contribution in [0.15, 0.2) is 66.9 Å². The van der Waals surface area contributed by atoms with Gasteiger partial charge in [0.05, 0.1) is 0 Å². The van der Waals surface area contributed by atoms with Gasteiger partial charge in [0.1, 0.15) is 0 Å². The van der Waals surface area contributed by atoms with Crippen molar-refractivity contribution in [2.75, 3.05) is 5.32 Å². The maximum absolute atomic E-state index is 12.1. The van der Waals surface area contributed by atoms with Crippen LogP contribution in [0.2, 0.25) is 0 Å². The van der Waals surface area contributed by atoms with Crippen molar-refractivity contribution in [2.45, 2.75) is 25.4 Å². The van der Waals surface area contributed by atoms with Crippen molar-refractivity contribution in [3.8, 4) is 11.1 Å². The molecule has 0 saturated heterocycles. The number of carbonyl (C=O) groups is 1. The minimum atomic E-state index is -0.0276. The van der Waals surface area contributed by atoms with E-state index in [1.807, 2.05) is 54.7 Å². The van der Waals surface area contributed by atoms with E-state index in [-0.39, 0.29) is 5.91 Å². The Morgan fingerprint density at radius 2 is 1.83 bits per heavy atom. The molecule has 1 saturated carbocycles. The molecule has 1 aliphatic carbocycles. The standard InChI is InChI=1S/C23H22N6O/c24-14-15-3-5-16(6-4-15)20-2-1-13-29-21(20)27-23(28-29)26-19-9-7-17(8-10-19)22(30)25-18-11-12-18/h1-10,13,18H,11-12,14,24H2,(H,25,30)(H,26,28). The van der Waals surface area contributed by atoms with Crippen molar-refractivity contribution in [2.24, 2.45) is 5.73 Å². The molecule has 0 bridgehead atoms. The van der Waals surface area contributed by atoms with Gasteiger partial charge in [-0.1, -0.05) is 24.3 Å². The normalized spacial score (nSPS) is 13.4. The third kappa shape index (κ3) is 3.75. The first-order valence-electron chi connectivity index (χ1n) is 10.0. The van der Waals surface area contributed by atoms with Crippen LogP contribution < -0.4 is 16.4 Å². The summed E-state index contributed by atoms with van der Waals surface area (Å²) < 4.78 is 1.76. The Hall–Kier alpha value is -3.71. The number of nitrogens with two attached hydrogens (primary N) is 1. The number of carbonyl (C=O) groups excluding carboxylic acids is 1. The van der Waals surface area contributed by atoms with Crippen molar-refractivity contribution < 1.29 is 4.79 Å². The number of fused-ring (bicyclic) bond motifs is 1. The first-order chi connectivity index (χ1) is 14.7. The number of hydrogen-bond acceptors (Lipinski definition) is 5. The molecular formula is C23H22N6O. The minimum Gasteiger partial charge on any atom is -0.349 e. The average molecular weight is 398 g/mol. The molecule has 0 radical (unpaired) electrons. The number of hydrogen-bond donors (Lipinski definition) is 3. The van der Waals surface area contributed by atoms with Gasteiger partial charge >= 0.3 is 0 Å². The number of pyridine rings is 1. The molecule has 1 amide bonds. The van der Waals surface area contributed by atoms with Crippen molar-refractivity contribution >= 4 is 23.2 Å². The summed E-state index contributed by atoms with van der Waals surface area (Å²) >= 11 is 0. The van der Waals surface area contributed by atoms with E-state index in [0.29, 0.717) is 24.1 Å². The molecular weight excluding hydrogens is 376 g/mol. The van der Waals surface area contributed by atoms with Gasteiger partial charge in [0.2, 0.25) is 5.95 Å².